The Bertz CT molecular complexity index is 483. The van der Waals surface area contributed by atoms with Crippen molar-refractivity contribution in [1.29, 1.82) is 0 Å². The molecule has 14 heavy (non-hydrogen) atoms. The van der Waals surface area contributed by atoms with Gasteiger partial charge in [-0.05, 0) is 34.7 Å². The molecule has 0 radical (unpaired) electrons. The molecule has 74 valence electrons. The molecule has 0 aliphatic rings. The lowest BCUT2D eigenvalue weighted by Crippen LogP contribution is -1.87. The van der Waals surface area contributed by atoms with Crippen LogP contribution in [0.5, 0.6) is 0 Å². The normalized spacial score (nSPS) is 11.5. The average Bonchev–Trinajstić information content (AvgIpc) is 2.46. The monoisotopic (exact) mass is 372 g/mol. The van der Waals surface area contributed by atoms with Crippen molar-refractivity contribution in [3.63, 3.8) is 0 Å². The third-order valence-corrected chi connectivity index (χ3v) is 3.09. The van der Waals surface area contributed by atoms with Crippen LogP contribution in [0.25, 0.3) is 10.9 Å². The fourth-order valence-corrected chi connectivity index (χ4v) is 2.48. The molecule has 2 rings (SSSR count). The van der Waals surface area contributed by atoms with Gasteiger partial charge in [-0.25, -0.2) is 8.78 Å². The maximum Gasteiger partial charge on any atom is 0.264 e. The molecule has 0 spiro atoms. The molecule has 1 aromatic heterocycles. The first-order valence-electron chi connectivity index (χ1n) is 3.70. The van der Waals surface area contributed by atoms with Gasteiger partial charge in [0.05, 0.1) is 5.52 Å². The molecule has 2 aromatic rings. The van der Waals surface area contributed by atoms with E-state index in [1.807, 2.05) is 22.6 Å². The Morgan fingerprint density at radius 1 is 1.43 bits per heavy atom. The molecule has 0 aliphatic carbocycles. The van der Waals surface area contributed by atoms with Crippen molar-refractivity contribution in [2.45, 2.75) is 6.43 Å². The molecule has 0 unspecified atom stereocenters. The maximum atomic E-state index is 12.7. The number of hydrogen-bond donors (Lipinski definition) is 1. The van der Waals surface area contributed by atoms with Gasteiger partial charge in [0, 0.05) is 15.4 Å². The first-order valence-corrected chi connectivity index (χ1v) is 5.58. The maximum absolute atomic E-state index is 12.7. The van der Waals surface area contributed by atoms with Gasteiger partial charge in [-0.2, -0.15) is 5.10 Å². The molecule has 0 bridgehead atoms. The van der Waals surface area contributed by atoms with Crippen molar-refractivity contribution in [2.24, 2.45) is 0 Å². The highest BCUT2D eigenvalue weighted by Crippen LogP contribution is 2.32. The third-order valence-electron chi connectivity index (χ3n) is 1.85. The topological polar surface area (TPSA) is 28.7 Å². The SMILES string of the molecule is FC(F)c1cc(Br)cc2[nH]nc(I)c12. The number of rotatable bonds is 1. The first kappa shape index (κ1) is 10.3. The van der Waals surface area contributed by atoms with Crippen LogP contribution in [0.4, 0.5) is 8.78 Å². The zero-order chi connectivity index (χ0) is 10.3. The minimum absolute atomic E-state index is 0.00697. The van der Waals surface area contributed by atoms with Crippen LogP contribution in [0.1, 0.15) is 12.0 Å². The Morgan fingerprint density at radius 2 is 2.14 bits per heavy atom. The van der Waals surface area contributed by atoms with Crippen LogP contribution in [-0.4, -0.2) is 10.2 Å². The van der Waals surface area contributed by atoms with Crippen LogP contribution in [-0.2, 0) is 0 Å². The van der Waals surface area contributed by atoms with Crippen molar-refractivity contribution in [1.82, 2.24) is 10.2 Å². The van der Waals surface area contributed by atoms with Crippen LogP contribution in [0.2, 0.25) is 0 Å². The summed E-state index contributed by atoms with van der Waals surface area (Å²) in [4.78, 5) is 0. The van der Waals surface area contributed by atoms with E-state index in [1.54, 1.807) is 6.07 Å². The standard InChI is InChI=1S/C8H4BrF2IN2/c9-3-1-4(7(10)11)6-5(2-3)13-14-8(6)12/h1-2,7H,(H,13,14). The van der Waals surface area contributed by atoms with Gasteiger partial charge in [0.2, 0.25) is 0 Å². The van der Waals surface area contributed by atoms with E-state index in [1.165, 1.54) is 6.07 Å². The Morgan fingerprint density at radius 3 is 2.79 bits per heavy atom. The number of nitrogens with one attached hydrogen (secondary N) is 1. The van der Waals surface area contributed by atoms with Crippen LogP contribution >= 0.6 is 38.5 Å². The number of halogens is 4. The van der Waals surface area contributed by atoms with Gasteiger partial charge >= 0.3 is 0 Å². The first-order chi connectivity index (χ1) is 6.59. The lowest BCUT2D eigenvalue weighted by atomic mass is 10.1. The van der Waals surface area contributed by atoms with E-state index >= 15 is 0 Å². The van der Waals surface area contributed by atoms with E-state index in [9.17, 15) is 8.78 Å². The van der Waals surface area contributed by atoms with Crippen LogP contribution < -0.4 is 0 Å². The lowest BCUT2D eigenvalue weighted by molar-refractivity contribution is 0.153. The Kier molecular flexibility index (Phi) is 2.74. The van der Waals surface area contributed by atoms with E-state index < -0.39 is 6.43 Å². The van der Waals surface area contributed by atoms with Gasteiger partial charge in [0.25, 0.3) is 6.43 Å². The average molecular weight is 373 g/mol. The van der Waals surface area contributed by atoms with Gasteiger partial charge in [0.15, 0.2) is 0 Å². The summed E-state index contributed by atoms with van der Waals surface area (Å²) in [6.45, 7) is 0. The van der Waals surface area contributed by atoms with Crippen molar-refractivity contribution in [3.05, 3.63) is 25.9 Å². The molecule has 0 amide bonds. The molecular formula is C8H4BrF2IN2. The Labute approximate surface area is 100 Å². The van der Waals surface area contributed by atoms with Crippen molar-refractivity contribution in [2.75, 3.05) is 0 Å². The molecular weight excluding hydrogens is 369 g/mol. The van der Waals surface area contributed by atoms with Crippen LogP contribution in [0, 0.1) is 3.70 Å². The molecule has 2 nitrogen and oxygen atoms in total. The molecule has 1 heterocycles. The van der Waals surface area contributed by atoms with Crippen LogP contribution in [0.3, 0.4) is 0 Å². The molecule has 1 aromatic carbocycles. The van der Waals surface area contributed by atoms with E-state index in [0.29, 0.717) is 19.1 Å². The summed E-state index contributed by atoms with van der Waals surface area (Å²) >= 11 is 5.11. The summed E-state index contributed by atoms with van der Waals surface area (Å²) in [5.74, 6) is 0. The number of nitrogens with zero attached hydrogens (tertiary/aromatic N) is 1. The summed E-state index contributed by atoms with van der Waals surface area (Å²) in [6.07, 6.45) is -2.49. The van der Waals surface area contributed by atoms with Crippen molar-refractivity contribution in [3.8, 4) is 0 Å². The van der Waals surface area contributed by atoms with Gasteiger partial charge < -0.3 is 0 Å². The molecule has 1 N–H and O–H groups in total. The Balaban J connectivity index is 2.83. The highest BCUT2D eigenvalue weighted by atomic mass is 127. The van der Waals surface area contributed by atoms with E-state index in [2.05, 4.69) is 26.1 Å². The summed E-state index contributed by atoms with van der Waals surface area (Å²) in [7, 11) is 0. The summed E-state index contributed by atoms with van der Waals surface area (Å²) in [5, 5.41) is 7.09. The number of hydrogen-bond acceptors (Lipinski definition) is 1. The van der Waals surface area contributed by atoms with E-state index in [0.717, 1.165) is 0 Å². The summed E-state index contributed by atoms with van der Waals surface area (Å²) in [6, 6.07) is 3.15. The molecule has 0 saturated carbocycles. The molecule has 0 atom stereocenters. The number of fused-ring (bicyclic) bond motifs is 1. The molecule has 6 heteroatoms. The number of aromatic nitrogens is 2. The lowest BCUT2D eigenvalue weighted by Gasteiger charge is -2.02. The van der Waals surface area contributed by atoms with Gasteiger partial charge in [-0.1, -0.05) is 15.9 Å². The molecule has 0 aliphatic heterocycles. The smallest absolute Gasteiger partial charge is 0.264 e. The third kappa shape index (κ3) is 1.65. The second kappa shape index (κ2) is 3.73. The predicted octanol–water partition coefficient (Wildman–Crippen LogP) is 3.87. The van der Waals surface area contributed by atoms with Gasteiger partial charge in [-0.3, -0.25) is 5.10 Å². The molecule has 0 saturated heterocycles. The second-order valence-electron chi connectivity index (χ2n) is 2.73. The minimum Gasteiger partial charge on any atom is -0.277 e. The predicted molar refractivity (Wildman–Crippen MR) is 61.5 cm³/mol. The van der Waals surface area contributed by atoms with Gasteiger partial charge in [0.1, 0.15) is 3.70 Å². The number of alkyl halides is 2. The van der Waals surface area contributed by atoms with Crippen molar-refractivity contribution >= 4 is 49.4 Å². The quantitative estimate of drug-likeness (QED) is 0.756. The van der Waals surface area contributed by atoms with Gasteiger partial charge in [-0.15, -0.1) is 0 Å². The van der Waals surface area contributed by atoms with E-state index in [-0.39, 0.29) is 5.56 Å². The molecule has 0 fully saturated rings. The summed E-state index contributed by atoms with van der Waals surface area (Å²) < 4.78 is 26.5. The summed E-state index contributed by atoms with van der Waals surface area (Å²) in [5.41, 5.74) is 0.631. The Hall–Kier alpha value is -0.240. The van der Waals surface area contributed by atoms with Crippen molar-refractivity contribution < 1.29 is 8.78 Å². The highest BCUT2D eigenvalue weighted by molar-refractivity contribution is 14.1. The number of aromatic amines is 1. The number of H-pyrrole nitrogens is 1. The zero-order valence-electron chi connectivity index (χ0n) is 6.69. The van der Waals surface area contributed by atoms with Crippen LogP contribution in [0.15, 0.2) is 16.6 Å². The number of benzene rings is 1. The fraction of sp³-hybridized carbons (Fsp3) is 0.125. The fourth-order valence-electron chi connectivity index (χ4n) is 1.28. The second-order valence-corrected chi connectivity index (χ2v) is 4.67. The van der Waals surface area contributed by atoms with E-state index in [4.69, 9.17) is 0 Å². The minimum atomic E-state index is -2.49. The zero-order valence-corrected chi connectivity index (χ0v) is 10.4. The largest absolute Gasteiger partial charge is 0.277 e. The highest BCUT2D eigenvalue weighted by Gasteiger charge is 2.16.